The molecule has 1 aromatic carbocycles. The number of para-hydroxylation sites is 1. The van der Waals surface area contributed by atoms with Crippen LogP contribution in [0.25, 0.3) is 5.70 Å². The maximum absolute atomic E-state index is 14.1. The molecule has 0 aromatic heterocycles. The molecule has 25 heavy (non-hydrogen) atoms. The molecular weight excluding hydrogens is 450 g/mol. The Kier molecular flexibility index (Phi) is 3.29. The highest BCUT2D eigenvalue weighted by Crippen LogP contribution is 2.53. The van der Waals surface area contributed by atoms with E-state index in [1.807, 2.05) is 18.2 Å². The standard InChI is InChI=1S/C18H13Br2N3O2/c19-12-5-2-6-13-16(12)22-8-7-10-3-1-4-11(15(10)22)17-18(20)21-9-14(24)23(13,17)25/h1,3-4,6,9H,2,5,7-8H2. The van der Waals surface area contributed by atoms with Gasteiger partial charge in [-0.1, -0.05) is 28.1 Å². The topological polar surface area (TPSA) is 55.7 Å². The lowest BCUT2D eigenvalue weighted by atomic mass is 10.0. The van der Waals surface area contributed by atoms with Crippen LogP contribution in [0.2, 0.25) is 0 Å². The normalized spacial score (nSPS) is 27.1. The SMILES string of the molecule is O=C1C=NC(Br)=C2c3cccc4c3N(CC4)C3=C(Br)CCC=C3[N+]12[O-]. The van der Waals surface area contributed by atoms with Gasteiger partial charge < -0.3 is 10.1 Å². The molecule has 0 saturated heterocycles. The van der Waals surface area contributed by atoms with Crippen molar-refractivity contribution in [1.29, 1.82) is 0 Å². The molecule has 126 valence electrons. The number of hydrogen-bond donors (Lipinski definition) is 0. The van der Waals surface area contributed by atoms with Crippen molar-refractivity contribution in [2.75, 3.05) is 11.4 Å². The van der Waals surface area contributed by atoms with Crippen molar-refractivity contribution in [1.82, 2.24) is 0 Å². The van der Waals surface area contributed by atoms with Gasteiger partial charge >= 0.3 is 5.91 Å². The summed E-state index contributed by atoms with van der Waals surface area (Å²) < 4.78 is 0.279. The smallest absolute Gasteiger partial charge is 0.367 e. The number of fused-ring (bicyclic) bond motifs is 5. The second-order valence-electron chi connectivity index (χ2n) is 6.44. The van der Waals surface area contributed by atoms with Crippen LogP contribution in [0.1, 0.15) is 24.0 Å². The van der Waals surface area contributed by atoms with E-state index >= 15 is 0 Å². The largest absolute Gasteiger partial charge is 0.614 e. The Labute approximate surface area is 161 Å². The van der Waals surface area contributed by atoms with Crippen LogP contribution in [0.3, 0.4) is 0 Å². The van der Waals surface area contributed by atoms with Crippen molar-refractivity contribution in [2.45, 2.75) is 19.3 Å². The van der Waals surface area contributed by atoms with Crippen molar-refractivity contribution in [3.05, 3.63) is 61.1 Å². The highest BCUT2D eigenvalue weighted by atomic mass is 79.9. The second kappa shape index (κ2) is 5.23. The van der Waals surface area contributed by atoms with Crippen LogP contribution in [-0.4, -0.2) is 23.3 Å². The number of halogens is 2. The zero-order valence-electron chi connectivity index (χ0n) is 13.1. The van der Waals surface area contributed by atoms with Gasteiger partial charge in [-0.05, 0) is 52.9 Å². The Hall–Kier alpha value is -1.54. The Morgan fingerprint density at radius 2 is 2.08 bits per heavy atom. The third kappa shape index (κ3) is 1.89. The molecule has 1 unspecified atom stereocenters. The van der Waals surface area contributed by atoms with Crippen molar-refractivity contribution >= 4 is 55.4 Å². The van der Waals surface area contributed by atoms with Crippen molar-refractivity contribution < 1.29 is 9.44 Å². The Balaban J connectivity index is 1.96. The lowest BCUT2D eigenvalue weighted by Crippen LogP contribution is -2.48. The molecule has 0 N–H and O–H groups in total. The average Bonchev–Trinajstić information content (AvgIpc) is 2.98. The van der Waals surface area contributed by atoms with Crippen LogP contribution in [0.4, 0.5) is 5.69 Å². The van der Waals surface area contributed by atoms with Crippen LogP contribution in [0, 0.1) is 5.21 Å². The Morgan fingerprint density at radius 3 is 2.92 bits per heavy atom. The van der Waals surface area contributed by atoms with Gasteiger partial charge in [-0.3, -0.25) is 0 Å². The first kappa shape index (κ1) is 15.7. The lowest BCUT2D eigenvalue weighted by Gasteiger charge is -2.42. The van der Waals surface area contributed by atoms with Crippen molar-refractivity contribution in [3.8, 4) is 0 Å². The fourth-order valence-corrected chi connectivity index (χ4v) is 5.35. The molecule has 0 radical (unpaired) electrons. The van der Waals surface area contributed by atoms with E-state index in [-0.39, 0.29) is 0 Å². The minimum Gasteiger partial charge on any atom is -0.614 e. The van der Waals surface area contributed by atoms with Gasteiger partial charge in [-0.25, -0.2) is 14.4 Å². The van der Waals surface area contributed by atoms with Gasteiger partial charge in [-0.15, -0.1) is 0 Å². The molecule has 3 aliphatic heterocycles. The number of carbonyl (C=O) groups excluding carboxylic acids is 1. The third-order valence-electron chi connectivity index (χ3n) is 5.17. The van der Waals surface area contributed by atoms with Gasteiger partial charge in [0, 0.05) is 11.0 Å². The molecule has 0 bridgehead atoms. The molecule has 1 amide bonds. The van der Waals surface area contributed by atoms with Crippen LogP contribution in [0.5, 0.6) is 0 Å². The second-order valence-corrected chi connectivity index (χ2v) is 8.15. The minimum absolute atomic E-state index is 0.375. The van der Waals surface area contributed by atoms with Crippen LogP contribution in [0.15, 0.2) is 49.8 Å². The zero-order valence-corrected chi connectivity index (χ0v) is 16.3. The summed E-state index contributed by atoms with van der Waals surface area (Å²) in [4.78, 5) is 19.1. The molecule has 0 saturated carbocycles. The van der Waals surface area contributed by atoms with Gasteiger partial charge in [0.1, 0.15) is 11.9 Å². The molecule has 5 nitrogen and oxygen atoms in total. The summed E-state index contributed by atoms with van der Waals surface area (Å²) in [5.41, 5.74) is 4.70. The van der Waals surface area contributed by atoms with E-state index in [1.165, 1.54) is 5.56 Å². The highest BCUT2D eigenvalue weighted by molar-refractivity contribution is 9.12. The number of hydroxylamine groups is 3. The molecule has 1 aliphatic carbocycles. The molecule has 3 heterocycles. The maximum Gasteiger partial charge on any atom is 0.367 e. The first-order valence-electron chi connectivity index (χ1n) is 8.12. The number of rotatable bonds is 0. The monoisotopic (exact) mass is 461 g/mol. The molecule has 7 heteroatoms. The zero-order chi connectivity index (χ0) is 17.3. The molecular formula is C18H13Br2N3O2. The van der Waals surface area contributed by atoms with E-state index in [2.05, 4.69) is 47.8 Å². The first-order valence-corrected chi connectivity index (χ1v) is 9.70. The third-order valence-corrected chi connectivity index (χ3v) is 6.52. The predicted octanol–water partition coefficient (Wildman–Crippen LogP) is 4.29. The maximum atomic E-state index is 14.1. The van der Waals surface area contributed by atoms with E-state index in [1.54, 1.807) is 0 Å². The number of nitrogens with zero attached hydrogens (tertiary/aromatic N) is 3. The number of anilines is 1. The number of amides is 1. The summed E-state index contributed by atoms with van der Waals surface area (Å²) in [7, 11) is 0. The van der Waals surface area contributed by atoms with Gasteiger partial charge in [0.25, 0.3) is 0 Å². The summed E-state index contributed by atoms with van der Waals surface area (Å²) >= 11 is 7.11. The first-order chi connectivity index (χ1) is 12.0. The van der Waals surface area contributed by atoms with Crippen molar-refractivity contribution in [2.24, 2.45) is 4.99 Å². The fourth-order valence-electron chi connectivity index (χ4n) is 4.14. The van der Waals surface area contributed by atoms with Crippen molar-refractivity contribution in [3.63, 3.8) is 0 Å². The van der Waals surface area contributed by atoms with Crippen LogP contribution < -0.4 is 4.90 Å². The van der Waals surface area contributed by atoms with E-state index < -0.39 is 10.6 Å². The fraction of sp³-hybridized carbons (Fsp3) is 0.222. The number of benzene rings is 1. The van der Waals surface area contributed by atoms with Gasteiger partial charge in [-0.2, -0.15) is 0 Å². The number of allylic oxidation sites excluding steroid dienone is 2. The average molecular weight is 463 g/mol. The number of quaternary nitrogens is 1. The van der Waals surface area contributed by atoms with Gasteiger partial charge in [0.2, 0.25) is 0 Å². The van der Waals surface area contributed by atoms with Crippen LogP contribution >= 0.6 is 31.9 Å². The molecule has 0 fully saturated rings. The van der Waals surface area contributed by atoms with E-state index in [9.17, 15) is 10.0 Å². The molecule has 1 atom stereocenters. The van der Waals surface area contributed by atoms with E-state index in [4.69, 9.17) is 0 Å². The molecule has 0 spiro atoms. The quantitative estimate of drug-likeness (QED) is 0.328. The molecule has 1 aromatic rings. The predicted molar refractivity (Wildman–Crippen MR) is 104 cm³/mol. The highest BCUT2D eigenvalue weighted by Gasteiger charge is 2.50. The van der Waals surface area contributed by atoms with Gasteiger partial charge in [0.05, 0.1) is 11.3 Å². The summed E-state index contributed by atoms with van der Waals surface area (Å²) in [5, 5.41) is 14.1. The minimum atomic E-state index is -1.12. The summed E-state index contributed by atoms with van der Waals surface area (Å²) in [6.07, 6.45) is 5.52. The molecule has 4 aliphatic rings. The lowest BCUT2D eigenvalue weighted by molar-refractivity contribution is -0.678. The van der Waals surface area contributed by atoms with E-state index in [0.717, 1.165) is 53.5 Å². The van der Waals surface area contributed by atoms with Gasteiger partial charge in [0.15, 0.2) is 16.0 Å². The Bertz CT molecular complexity index is 977. The number of aliphatic imine (C=N–C) groups is 1. The van der Waals surface area contributed by atoms with Crippen LogP contribution in [-0.2, 0) is 11.2 Å². The molecule has 5 rings (SSSR count). The Morgan fingerprint density at radius 1 is 1.24 bits per heavy atom. The summed E-state index contributed by atoms with van der Waals surface area (Å²) in [6.45, 7) is 0.800. The number of hydrogen-bond acceptors (Lipinski definition) is 4. The van der Waals surface area contributed by atoms with E-state index in [0.29, 0.717) is 16.0 Å². The summed E-state index contributed by atoms with van der Waals surface area (Å²) in [5.74, 6) is -0.567. The number of carbonyl (C=O) groups is 1. The summed E-state index contributed by atoms with van der Waals surface area (Å²) in [6, 6.07) is 5.96.